The molecule has 2 aromatic heterocycles. The minimum atomic E-state index is -3.53. The normalized spacial score (nSPS) is 16.0. The Kier molecular flexibility index (Phi) is 7.95. The van der Waals surface area contributed by atoms with Crippen LogP contribution in [0.1, 0.15) is 57.6 Å². The van der Waals surface area contributed by atoms with Crippen molar-refractivity contribution in [1.82, 2.24) is 25.5 Å². The molecule has 4 aromatic rings. The minimum Gasteiger partial charge on any atom is -0.489 e. The monoisotopic (exact) mass is 563 g/mol. The molecule has 4 N–H and O–H groups in total. The van der Waals surface area contributed by atoms with Gasteiger partial charge in [-0.1, -0.05) is 12.1 Å². The smallest absolute Gasteiger partial charge is 0.231 e. The summed E-state index contributed by atoms with van der Waals surface area (Å²) in [5, 5.41) is 17.2. The number of aromatic amines is 1. The summed E-state index contributed by atoms with van der Waals surface area (Å²) in [6.45, 7) is 11.5. The molecule has 0 aliphatic carbocycles. The first-order chi connectivity index (χ1) is 19.1. The minimum absolute atomic E-state index is 0.0202. The third-order valence-corrected chi connectivity index (χ3v) is 9.30. The number of para-hydroxylation sites is 1. The van der Waals surface area contributed by atoms with Crippen LogP contribution in [0.15, 0.2) is 47.5 Å². The van der Waals surface area contributed by atoms with Crippen molar-refractivity contribution in [2.24, 2.45) is 0 Å². The van der Waals surface area contributed by atoms with Gasteiger partial charge in [0.05, 0.1) is 39.2 Å². The van der Waals surface area contributed by atoms with E-state index in [4.69, 9.17) is 9.72 Å². The maximum atomic E-state index is 13.0. The van der Waals surface area contributed by atoms with Crippen molar-refractivity contribution >= 4 is 44.0 Å². The first kappa shape index (κ1) is 27.9. The summed E-state index contributed by atoms with van der Waals surface area (Å²) in [4.78, 5) is 9.58. The highest BCUT2D eigenvalue weighted by atomic mass is 32.2. The number of aromatic nitrogens is 4. The Balaban J connectivity index is 1.53. The van der Waals surface area contributed by atoms with Gasteiger partial charge in [0.1, 0.15) is 11.6 Å². The van der Waals surface area contributed by atoms with Crippen LogP contribution in [-0.4, -0.2) is 53.0 Å². The van der Waals surface area contributed by atoms with Gasteiger partial charge in [-0.3, -0.25) is 5.10 Å². The van der Waals surface area contributed by atoms with Crippen LogP contribution in [0, 0.1) is 6.92 Å². The van der Waals surface area contributed by atoms with Crippen LogP contribution in [0.5, 0.6) is 5.75 Å². The molecule has 11 heteroatoms. The van der Waals surface area contributed by atoms with Crippen LogP contribution in [-0.2, 0) is 9.84 Å². The number of fused-ring (bicyclic) bond motifs is 1. The summed E-state index contributed by atoms with van der Waals surface area (Å²) in [7, 11) is -3.53. The topological polar surface area (TPSA) is 134 Å². The first-order valence-electron chi connectivity index (χ1n) is 13.7. The molecule has 1 atom stereocenters. The summed E-state index contributed by atoms with van der Waals surface area (Å²) in [5.74, 6) is 1.93. The molecule has 0 bridgehead atoms. The number of aryl methyl sites for hydroxylation is 1. The van der Waals surface area contributed by atoms with Gasteiger partial charge < -0.3 is 20.7 Å². The summed E-state index contributed by atoms with van der Waals surface area (Å²) >= 11 is 0. The Morgan fingerprint density at radius 3 is 2.58 bits per heavy atom. The molecule has 2 aromatic carbocycles. The fourth-order valence-electron chi connectivity index (χ4n) is 5.02. The Hall–Kier alpha value is -3.70. The number of piperidine rings is 1. The van der Waals surface area contributed by atoms with Gasteiger partial charge >= 0.3 is 0 Å². The number of sulfone groups is 1. The molecule has 3 heterocycles. The first-order valence-corrected chi connectivity index (χ1v) is 15.3. The third kappa shape index (κ3) is 5.75. The van der Waals surface area contributed by atoms with Crippen molar-refractivity contribution in [3.05, 3.63) is 53.7 Å². The van der Waals surface area contributed by atoms with E-state index < -0.39 is 15.1 Å². The van der Waals surface area contributed by atoms with Gasteiger partial charge in [0, 0.05) is 6.54 Å². The van der Waals surface area contributed by atoms with Crippen LogP contribution in [0.25, 0.3) is 11.0 Å². The molecule has 5 rings (SSSR count). The Morgan fingerprint density at radius 2 is 1.85 bits per heavy atom. The number of ether oxygens (including phenoxy) is 1. The molecule has 0 saturated carbocycles. The second kappa shape index (κ2) is 11.4. The number of benzene rings is 2. The highest BCUT2D eigenvalue weighted by molar-refractivity contribution is 7.92. The van der Waals surface area contributed by atoms with Crippen molar-refractivity contribution in [1.29, 1.82) is 0 Å². The number of nitrogens with one attached hydrogen (secondary N) is 4. The van der Waals surface area contributed by atoms with E-state index in [2.05, 4.69) is 50.2 Å². The van der Waals surface area contributed by atoms with E-state index in [1.165, 1.54) is 11.1 Å². The van der Waals surface area contributed by atoms with Crippen LogP contribution < -0.4 is 20.7 Å². The molecule has 10 nitrogen and oxygen atoms in total. The van der Waals surface area contributed by atoms with Crippen LogP contribution in [0.4, 0.5) is 23.1 Å². The zero-order valence-electron chi connectivity index (χ0n) is 23.6. The lowest BCUT2D eigenvalue weighted by Crippen LogP contribution is -2.28. The van der Waals surface area contributed by atoms with Crippen LogP contribution in [0.2, 0.25) is 0 Å². The summed E-state index contributed by atoms with van der Waals surface area (Å²) in [6, 6.07) is 11.1. The molecule has 1 aliphatic heterocycles. The van der Waals surface area contributed by atoms with E-state index >= 15 is 0 Å². The highest BCUT2D eigenvalue weighted by Gasteiger charge is 2.24. The van der Waals surface area contributed by atoms with E-state index in [1.54, 1.807) is 44.3 Å². The molecule has 1 aliphatic rings. The molecule has 1 fully saturated rings. The molecule has 40 heavy (non-hydrogen) atoms. The van der Waals surface area contributed by atoms with Crippen molar-refractivity contribution in [2.75, 3.05) is 23.7 Å². The fraction of sp³-hybridized carbons (Fsp3) is 0.414. The molecule has 0 amide bonds. The molecule has 1 unspecified atom stereocenters. The second-order valence-corrected chi connectivity index (χ2v) is 13.3. The Labute approximate surface area is 235 Å². The van der Waals surface area contributed by atoms with Gasteiger partial charge in [0.25, 0.3) is 0 Å². The summed E-state index contributed by atoms with van der Waals surface area (Å²) < 4.78 is 32.3. The third-order valence-electron chi connectivity index (χ3n) is 7.09. The van der Waals surface area contributed by atoms with E-state index in [1.807, 2.05) is 13.8 Å². The SMILES string of the molecule is Cc1cc(Nc2nc(Nc3ccccc3S(=O)(=O)C(C)C)c3cn[nH]c3n2)c(OC(C)C)cc1C1CCCNC1. The Bertz CT molecular complexity index is 1610. The van der Waals surface area contributed by atoms with Crippen LogP contribution in [0.3, 0.4) is 0 Å². The quantitative estimate of drug-likeness (QED) is 0.206. The predicted octanol–water partition coefficient (Wildman–Crippen LogP) is 5.58. The number of anilines is 4. The maximum absolute atomic E-state index is 13.0. The van der Waals surface area contributed by atoms with E-state index in [0.29, 0.717) is 34.4 Å². The molecular formula is C29H37N7O3S. The van der Waals surface area contributed by atoms with Crippen molar-refractivity contribution in [2.45, 2.75) is 69.6 Å². The largest absolute Gasteiger partial charge is 0.489 e. The molecule has 0 radical (unpaired) electrons. The van der Waals surface area contributed by atoms with Crippen LogP contribution >= 0.6 is 0 Å². The number of hydrogen-bond donors (Lipinski definition) is 4. The fourth-order valence-corrected chi connectivity index (χ4v) is 6.22. The lowest BCUT2D eigenvalue weighted by molar-refractivity contribution is 0.243. The van der Waals surface area contributed by atoms with Gasteiger partial charge in [0.2, 0.25) is 5.95 Å². The van der Waals surface area contributed by atoms with Gasteiger partial charge in [0.15, 0.2) is 15.5 Å². The molecule has 1 saturated heterocycles. The maximum Gasteiger partial charge on any atom is 0.231 e. The molecule has 0 spiro atoms. The molecule has 212 valence electrons. The van der Waals surface area contributed by atoms with Crippen molar-refractivity contribution < 1.29 is 13.2 Å². The number of rotatable bonds is 9. The summed E-state index contributed by atoms with van der Waals surface area (Å²) in [5.41, 5.74) is 4.15. The molecular weight excluding hydrogens is 526 g/mol. The van der Waals surface area contributed by atoms with E-state index in [9.17, 15) is 8.42 Å². The lowest BCUT2D eigenvalue weighted by Gasteiger charge is -2.26. The van der Waals surface area contributed by atoms with E-state index in [-0.39, 0.29) is 11.0 Å². The summed E-state index contributed by atoms with van der Waals surface area (Å²) in [6.07, 6.45) is 3.89. The van der Waals surface area contributed by atoms with Gasteiger partial charge in [-0.15, -0.1) is 0 Å². The number of H-pyrrole nitrogens is 1. The average molecular weight is 564 g/mol. The van der Waals surface area contributed by atoms with Gasteiger partial charge in [-0.25, -0.2) is 8.42 Å². The Morgan fingerprint density at radius 1 is 1.05 bits per heavy atom. The van der Waals surface area contributed by atoms with Gasteiger partial charge in [-0.05, 0) is 95.3 Å². The zero-order valence-corrected chi connectivity index (χ0v) is 24.4. The van der Waals surface area contributed by atoms with E-state index in [0.717, 1.165) is 37.4 Å². The van der Waals surface area contributed by atoms with Crippen molar-refractivity contribution in [3.8, 4) is 5.75 Å². The number of nitrogens with zero attached hydrogens (tertiary/aromatic N) is 3. The average Bonchev–Trinajstić information content (AvgIpc) is 3.40. The standard InChI is InChI=1S/C29H37N7O3S/c1-17(2)39-25-14-21(20-9-8-12-30-15-20)19(5)13-24(25)33-29-34-27(22-16-31-36-28(22)35-29)32-23-10-6-7-11-26(23)40(37,38)18(3)4/h6-7,10-11,13-14,16-18,20,30H,8-9,12,15H2,1-5H3,(H3,31,32,33,34,35,36). The predicted molar refractivity (Wildman–Crippen MR) is 159 cm³/mol. The highest BCUT2D eigenvalue weighted by Crippen LogP contribution is 2.37. The van der Waals surface area contributed by atoms with Crippen molar-refractivity contribution in [3.63, 3.8) is 0 Å². The van der Waals surface area contributed by atoms with Gasteiger partial charge in [-0.2, -0.15) is 15.1 Å². The zero-order chi connectivity index (χ0) is 28.4. The lowest BCUT2D eigenvalue weighted by atomic mass is 9.88. The second-order valence-electron chi connectivity index (χ2n) is 10.8. The number of hydrogen-bond acceptors (Lipinski definition) is 9.